The van der Waals surface area contributed by atoms with Crippen molar-refractivity contribution in [3.05, 3.63) is 62.7 Å². The van der Waals surface area contributed by atoms with Gasteiger partial charge in [0.25, 0.3) is 0 Å². The third kappa shape index (κ3) is 5.64. The van der Waals surface area contributed by atoms with Gasteiger partial charge in [0.05, 0.1) is 5.02 Å². The van der Waals surface area contributed by atoms with Crippen molar-refractivity contribution in [2.75, 3.05) is 13.2 Å². The number of H-pyrrole nitrogens is 1. The van der Waals surface area contributed by atoms with Crippen molar-refractivity contribution in [1.29, 1.82) is 0 Å². The second kappa shape index (κ2) is 9.42. The van der Waals surface area contributed by atoms with E-state index >= 15 is 0 Å². The van der Waals surface area contributed by atoms with Crippen molar-refractivity contribution in [2.24, 2.45) is 0 Å². The van der Waals surface area contributed by atoms with E-state index in [4.69, 9.17) is 16.3 Å². The summed E-state index contributed by atoms with van der Waals surface area (Å²) in [4.78, 5) is 15.7. The fourth-order valence-electron chi connectivity index (χ4n) is 3.88. The smallest absolute Gasteiger partial charge is 0.170 e. The number of carbonyl (C=O) groups is 1. The Balaban J connectivity index is 1.39. The first kappa shape index (κ1) is 23.1. The maximum atomic E-state index is 12.2. The number of halogens is 2. The van der Waals surface area contributed by atoms with Crippen LogP contribution in [0.25, 0.3) is 22.6 Å². The molecule has 0 unspecified atom stereocenters. The van der Waals surface area contributed by atoms with Gasteiger partial charge >= 0.3 is 0 Å². The van der Waals surface area contributed by atoms with Crippen LogP contribution in [-0.2, 0) is 11.2 Å². The minimum Gasteiger partial charge on any atom is -0.484 e. The highest BCUT2D eigenvalue weighted by Gasteiger charge is 2.17. The van der Waals surface area contributed by atoms with Gasteiger partial charge in [-0.15, -0.1) is 0 Å². The SMILES string of the molecule is CC(C)(C)NCCCC(=O)COc1cc2[nH]c(C3=Cc4ccc(Br)cc4C3)cc2cc1Cl. The average molecular weight is 516 g/mol. The summed E-state index contributed by atoms with van der Waals surface area (Å²) in [6.45, 7) is 7.18. The summed E-state index contributed by atoms with van der Waals surface area (Å²) >= 11 is 9.99. The van der Waals surface area contributed by atoms with Gasteiger partial charge in [-0.3, -0.25) is 4.79 Å². The monoisotopic (exact) mass is 514 g/mol. The molecule has 0 aliphatic heterocycles. The number of rotatable bonds is 8. The third-order valence-electron chi connectivity index (χ3n) is 5.51. The summed E-state index contributed by atoms with van der Waals surface area (Å²) < 4.78 is 6.86. The summed E-state index contributed by atoms with van der Waals surface area (Å²) in [5.41, 5.74) is 5.88. The predicted molar refractivity (Wildman–Crippen MR) is 137 cm³/mol. The first-order chi connectivity index (χ1) is 15.2. The zero-order valence-corrected chi connectivity index (χ0v) is 21.0. The fourth-order valence-corrected chi connectivity index (χ4v) is 4.52. The number of hydrogen-bond acceptors (Lipinski definition) is 3. The van der Waals surface area contributed by atoms with Gasteiger partial charge in [0.1, 0.15) is 12.4 Å². The number of nitrogens with one attached hydrogen (secondary N) is 2. The van der Waals surface area contributed by atoms with Crippen molar-refractivity contribution in [1.82, 2.24) is 10.3 Å². The first-order valence-electron chi connectivity index (χ1n) is 10.9. The van der Waals surface area contributed by atoms with Crippen molar-refractivity contribution in [3.8, 4) is 5.75 Å². The molecule has 2 N–H and O–H groups in total. The fraction of sp³-hybridized carbons (Fsp3) is 0.346. The van der Waals surface area contributed by atoms with Crippen molar-refractivity contribution in [3.63, 3.8) is 0 Å². The second-order valence-corrected chi connectivity index (χ2v) is 10.7. The molecule has 0 fully saturated rings. The molecule has 0 saturated carbocycles. The van der Waals surface area contributed by atoms with Crippen LogP contribution in [0, 0.1) is 0 Å². The van der Waals surface area contributed by atoms with Crippen LogP contribution in [0.4, 0.5) is 0 Å². The van der Waals surface area contributed by atoms with Crippen LogP contribution < -0.4 is 10.1 Å². The average Bonchev–Trinajstić information content (AvgIpc) is 3.31. The number of aromatic nitrogens is 1. The Bertz CT molecular complexity index is 1190. The van der Waals surface area contributed by atoms with Crippen LogP contribution in [0.1, 0.15) is 50.4 Å². The number of benzene rings is 2. The summed E-state index contributed by atoms with van der Waals surface area (Å²) in [7, 11) is 0. The zero-order valence-electron chi connectivity index (χ0n) is 18.6. The van der Waals surface area contributed by atoms with E-state index in [1.807, 2.05) is 12.1 Å². The van der Waals surface area contributed by atoms with E-state index in [-0.39, 0.29) is 17.9 Å². The van der Waals surface area contributed by atoms with E-state index in [2.05, 4.69) is 77.3 Å². The van der Waals surface area contributed by atoms with Gasteiger partial charge < -0.3 is 15.0 Å². The minimum absolute atomic E-state index is 0.0314. The Kier molecular flexibility index (Phi) is 6.80. The molecule has 4 rings (SSSR count). The molecular weight excluding hydrogens is 488 g/mol. The molecule has 0 amide bonds. The van der Waals surface area contributed by atoms with Gasteiger partial charge in [0.15, 0.2) is 5.78 Å². The number of aromatic amines is 1. The van der Waals surface area contributed by atoms with E-state index in [0.717, 1.165) is 40.5 Å². The standard InChI is InChI=1S/C26H28BrClN2O2/c1-26(2,3)29-8-4-5-21(31)15-32-25-14-24-19(12-22(25)28)13-23(30-24)18-9-16-6-7-20(27)11-17(16)10-18/h6-7,9,11-14,29-30H,4-5,8,10,15H2,1-3H3. The van der Waals surface area contributed by atoms with Gasteiger partial charge in [-0.1, -0.05) is 33.6 Å². The highest BCUT2D eigenvalue weighted by Crippen LogP contribution is 2.36. The lowest BCUT2D eigenvalue weighted by Gasteiger charge is -2.20. The number of carbonyl (C=O) groups excluding carboxylic acids is 1. The minimum atomic E-state index is 0.0314. The predicted octanol–water partition coefficient (Wildman–Crippen LogP) is 6.80. The topological polar surface area (TPSA) is 54.1 Å². The lowest BCUT2D eigenvalue weighted by molar-refractivity contribution is -0.121. The molecule has 6 heteroatoms. The number of hydrogen-bond donors (Lipinski definition) is 2. The molecule has 0 bridgehead atoms. The molecule has 0 saturated heterocycles. The molecule has 3 aromatic rings. The Hall–Kier alpha value is -2.08. The van der Waals surface area contributed by atoms with Crippen molar-refractivity contribution in [2.45, 2.75) is 45.6 Å². The Labute approximate surface area is 202 Å². The van der Waals surface area contributed by atoms with Gasteiger partial charge in [-0.05, 0) is 80.8 Å². The molecule has 32 heavy (non-hydrogen) atoms. The summed E-state index contributed by atoms with van der Waals surface area (Å²) in [6.07, 6.45) is 4.39. The summed E-state index contributed by atoms with van der Waals surface area (Å²) in [5.74, 6) is 0.602. The van der Waals surface area contributed by atoms with E-state index in [1.165, 1.54) is 16.7 Å². The van der Waals surface area contributed by atoms with E-state index in [0.29, 0.717) is 17.2 Å². The molecule has 1 aromatic heterocycles. The van der Waals surface area contributed by atoms with Gasteiger partial charge in [-0.2, -0.15) is 0 Å². The summed E-state index contributed by atoms with van der Waals surface area (Å²) in [5, 5.41) is 4.92. The highest BCUT2D eigenvalue weighted by molar-refractivity contribution is 9.10. The molecule has 0 radical (unpaired) electrons. The van der Waals surface area contributed by atoms with Crippen LogP contribution in [0.3, 0.4) is 0 Å². The molecule has 1 heterocycles. The van der Waals surface area contributed by atoms with Crippen LogP contribution in [0.15, 0.2) is 40.9 Å². The molecule has 1 aliphatic rings. The van der Waals surface area contributed by atoms with Gasteiger partial charge in [0.2, 0.25) is 0 Å². The normalized spacial score (nSPS) is 13.3. The van der Waals surface area contributed by atoms with Gasteiger partial charge in [-0.25, -0.2) is 0 Å². The zero-order chi connectivity index (χ0) is 22.9. The Morgan fingerprint density at radius 1 is 1.22 bits per heavy atom. The van der Waals surface area contributed by atoms with Crippen LogP contribution >= 0.6 is 27.5 Å². The van der Waals surface area contributed by atoms with Crippen LogP contribution in [-0.4, -0.2) is 29.5 Å². The van der Waals surface area contributed by atoms with Crippen LogP contribution in [0.2, 0.25) is 5.02 Å². The van der Waals surface area contributed by atoms with Gasteiger partial charge in [0, 0.05) is 45.5 Å². The Morgan fingerprint density at radius 3 is 2.81 bits per heavy atom. The maximum absolute atomic E-state index is 12.2. The van der Waals surface area contributed by atoms with Crippen molar-refractivity contribution < 1.29 is 9.53 Å². The number of allylic oxidation sites excluding steroid dienone is 1. The molecule has 1 aliphatic carbocycles. The number of ketones is 1. The second-order valence-electron chi connectivity index (χ2n) is 9.35. The van der Waals surface area contributed by atoms with Crippen molar-refractivity contribution >= 4 is 55.9 Å². The maximum Gasteiger partial charge on any atom is 0.170 e. The molecule has 0 atom stereocenters. The molecular formula is C26H28BrClN2O2. The summed E-state index contributed by atoms with van der Waals surface area (Å²) in [6, 6.07) is 12.3. The molecule has 2 aromatic carbocycles. The molecule has 0 spiro atoms. The highest BCUT2D eigenvalue weighted by atomic mass is 79.9. The first-order valence-corrected chi connectivity index (χ1v) is 12.1. The lowest BCUT2D eigenvalue weighted by Crippen LogP contribution is -2.36. The quantitative estimate of drug-likeness (QED) is 0.325. The number of Topliss-reactive ketones (excluding diaryl/α,β-unsaturated/α-hetero) is 1. The van der Waals surface area contributed by atoms with Crippen LogP contribution in [0.5, 0.6) is 5.75 Å². The van der Waals surface area contributed by atoms with E-state index in [1.54, 1.807) is 0 Å². The van der Waals surface area contributed by atoms with E-state index < -0.39 is 0 Å². The largest absolute Gasteiger partial charge is 0.484 e. The lowest BCUT2D eigenvalue weighted by atomic mass is 10.1. The Morgan fingerprint density at radius 2 is 2.03 bits per heavy atom. The third-order valence-corrected chi connectivity index (χ3v) is 6.30. The number of fused-ring (bicyclic) bond motifs is 2. The molecule has 168 valence electrons. The molecule has 4 nitrogen and oxygen atoms in total. The number of ether oxygens (including phenoxy) is 1. The van der Waals surface area contributed by atoms with E-state index in [9.17, 15) is 4.79 Å².